The van der Waals surface area contributed by atoms with Crippen molar-refractivity contribution in [1.29, 1.82) is 0 Å². The highest BCUT2D eigenvalue weighted by Crippen LogP contribution is 2.07. The van der Waals surface area contributed by atoms with Crippen LogP contribution in [0.25, 0.3) is 0 Å². The van der Waals surface area contributed by atoms with Crippen LogP contribution in [0.5, 0.6) is 0 Å². The number of rotatable bonds is 7. The van der Waals surface area contributed by atoms with Crippen molar-refractivity contribution in [3.63, 3.8) is 0 Å². The van der Waals surface area contributed by atoms with E-state index < -0.39 is 11.9 Å². The average Bonchev–Trinajstić information content (AvgIpc) is 2.84. The van der Waals surface area contributed by atoms with Crippen LogP contribution in [-0.4, -0.2) is 23.7 Å². The molecule has 18 heavy (non-hydrogen) atoms. The van der Waals surface area contributed by atoms with E-state index >= 15 is 0 Å². The zero-order valence-electron chi connectivity index (χ0n) is 10.3. The Bertz CT molecular complexity index is 379. The smallest absolute Gasteiger partial charge is 0.315 e. The maximum absolute atomic E-state index is 11.5. The van der Waals surface area contributed by atoms with Gasteiger partial charge >= 0.3 is 12.0 Å². The van der Waals surface area contributed by atoms with Gasteiger partial charge < -0.3 is 15.7 Å². The summed E-state index contributed by atoms with van der Waals surface area (Å²) in [5.41, 5.74) is 0. The molecule has 0 bridgehead atoms. The lowest BCUT2D eigenvalue weighted by Crippen LogP contribution is -2.39. The summed E-state index contributed by atoms with van der Waals surface area (Å²) in [6, 6.07) is 3.52. The first-order chi connectivity index (χ1) is 8.63. The van der Waals surface area contributed by atoms with Crippen LogP contribution in [0.1, 0.15) is 24.6 Å². The first-order valence-electron chi connectivity index (χ1n) is 5.90. The summed E-state index contributed by atoms with van der Waals surface area (Å²) >= 11 is 1.57. The molecule has 0 saturated carbocycles. The molecule has 0 aliphatic heterocycles. The predicted octanol–water partition coefficient (Wildman–Crippen LogP) is 2.05. The van der Waals surface area contributed by atoms with Gasteiger partial charge in [-0.25, -0.2) is 4.79 Å². The topological polar surface area (TPSA) is 78.4 Å². The van der Waals surface area contributed by atoms with E-state index in [9.17, 15) is 9.59 Å². The Morgan fingerprint density at radius 1 is 1.44 bits per heavy atom. The first-order valence-corrected chi connectivity index (χ1v) is 6.78. The highest BCUT2D eigenvalue weighted by atomic mass is 32.1. The Labute approximate surface area is 110 Å². The van der Waals surface area contributed by atoms with Crippen molar-refractivity contribution < 1.29 is 14.7 Å². The quantitative estimate of drug-likeness (QED) is 0.709. The zero-order chi connectivity index (χ0) is 13.4. The number of hydrogen-bond donors (Lipinski definition) is 3. The summed E-state index contributed by atoms with van der Waals surface area (Å²) in [6.45, 7) is 2.56. The molecule has 0 radical (unpaired) electrons. The number of thiophene rings is 1. The largest absolute Gasteiger partial charge is 0.481 e. The number of amides is 2. The number of carbonyl (C=O) groups is 2. The highest BCUT2D eigenvalue weighted by Gasteiger charge is 2.16. The number of carboxylic acids is 1. The Morgan fingerprint density at radius 3 is 2.78 bits per heavy atom. The number of hydrogen-bond acceptors (Lipinski definition) is 3. The molecule has 1 aromatic rings. The number of urea groups is 1. The monoisotopic (exact) mass is 270 g/mol. The second-order valence-corrected chi connectivity index (χ2v) is 5.00. The van der Waals surface area contributed by atoms with Crippen LogP contribution >= 0.6 is 11.3 Å². The molecule has 1 heterocycles. The van der Waals surface area contributed by atoms with Gasteiger partial charge in [-0.2, -0.15) is 0 Å². The summed E-state index contributed by atoms with van der Waals surface area (Å²) in [5, 5.41) is 16.1. The fourth-order valence-electron chi connectivity index (χ4n) is 1.52. The number of nitrogens with one attached hydrogen (secondary N) is 2. The van der Waals surface area contributed by atoms with Gasteiger partial charge in [-0.05, 0) is 17.9 Å². The maximum Gasteiger partial charge on any atom is 0.315 e. The van der Waals surface area contributed by atoms with E-state index in [1.54, 1.807) is 11.3 Å². The molecule has 0 fully saturated rings. The van der Waals surface area contributed by atoms with Crippen LogP contribution in [0.3, 0.4) is 0 Å². The molecule has 2 amide bonds. The van der Waals surface area contributed by atoms with Crippen molar-refractivity contribution in [3.05, 3.63) is 22.4 Å². The van der Waals surface area contributed by atoms with Crippen molar-refractivity contribution >= 4 is 23.3 Å². The van der Waals surface area contributed by atoms with E-state index in [4.69, 9.17) is 5.11 Å². The standard InChI is InChI=1S/C12H18N2O3S/c1-2-4-9(11(15)16)7-13-12(17)14-8-10-5-3-6-18-10/h3,5-6,9H,2,4,7-8H2,1H3,(H,15,16)(H2,13,14,17). The van der Waals surface area contributed by atoms with Crippen LogP contribution in [0.4, 0.5) is 4.79 Å². The van der Waals surface area contributed by atoms with E-state index in [2.05, 4.69) is 10.6 Å². The molecule has 1 unspecified atom stereocenters. The van der Waals surface area contributed by atoms with Crippen LogP contribution in [0, 0.1) is 5.92 Å². The second kappa shape index (κ2) is 7.71. The van der Waals surface area contributed by atoms with Crippen molar-refractivity contribution in [1.82, 2.24) is 10.6 Å². The summed E-state index contributed by atoms with van der Waals surface area (Å²) < 4.78 is 0. The van der Waals surface area contributed by atoms with Crippen LogP contribution in [-0.2, 0) is 11.3 Å². The first kappa shape index (κ1) is 14.5. The van der Waals surface area contributed by atoms with E-state index in [0.717, 1.165) is 11.3 Å². The molecule has 0 spiro atoms. The van der Waals surface area contributed by atoms with Crippen LogP contribution in [0.2, 0.25) is 0 Å². The third kappa shape index (κ3) is 5.18. The van der Waals surface area contributed by atoms with Crippen LogP contribution in [0.15, 0.2) is 17.5 Å². The molecule has 0 aliphatic carbocycles. The van der Waals surface area contributed by atoms with E-state index in [1.807, 2.05) is 24.4 Å². The van der Waals surface area contributed by atoms with Crippen molar-refractivity contribution in [2.24, 2.45) is 5.92 Å². The summed E-state index contributed by atoms with van der Waals surface area (Å²) in [4.78, 5) is 23.4. The zero-order valence-corrected chi connectivity index (χ0v) is 11.1. The molecule has 1 atom stereocenters. The van der Waals surface area contributed by atoms with Crippen molar-refractivity contribution in [2.75, 3.05) is 6.54 Å². The van der Waals surface area contributed by atoms with Gasteiger partial charge in [-0.1, -0.05) is 19.4 Å². The van der Waals surface area contributed by atoms with Gasteiger partial charge in [-0.15, -0.1) is 11.3 Å². The molecule has 0 aromatic carbocycles. The molecule has 1 aromatic heterocycles. The van der Waals surface area contributed by atoms with Crippen molar-refractivity contribution in [3.8, 4) is 0 Å². The van der Waals surface area contributed by atoms with Gasteiger partial charge in [0.05, 0.1) is 12.5 Å². The van der Waals surface area contributed by atoms with Crippen LogP contribution < -0.4 is 10.6 Å². The van der Waals surface area contributed by atoms with Gasteiger partial charge in [0.25, 0.3) is 0 Å². The molecule has 100 valence electrons. The molecular weight excluding hydrogens is 252 g/mol. The third-order valence-corrected chi connectivity index (χ3v) is 3.38. The summed E-state index contributed by atoms with van der Waals surface area (Å²) in [5.74, 6) is -1.38. The highest BCUT2D eigenvalue weighted by molar-refractivity contribution is 7.09. The fourth-order valence-corrected chi connectivity index (χ4v) is 2.16. The molecule has 1 rings (SSSR count). The Morgan fingerprint density at radius 2 is 2.22 bits per heavy atom. The second-order valence-electron chi connectivity index (χ2n) is 3.97. The van der Waals surface area contributed by atoms with E-state index in [0.29, 0.717) is 13.0 Å². The maximum atomic E-state index is 11.5. The Kier molecular flexibility index (Phi) is 6.21. The van der Waals surface area contributed by atoms with Gasteiger partial charge in [-0.3, -0.25) is 4.79 Å². The molecule has 5 nitrogen and oxygen atoms in total. The molecule has 6 heteroatoms. The third-order valence-electron chi connectivity index (χ3n) is 2.50. The average molecular weight is 270 g/mol. The molecule has 0 saturated heterocycles. The minimum atomic E-state index is -0.865. The minimum Gasteiger partial charge on any atom is -0.481 e. The lowest BCUT2D eigenvalue weighted by atomic mass is 10.0. The fraction of sp³-hybridized carbons (Fsp3) is 0.500. The van der Waals surface area contributed by atoms with Gasteiger partial charge in [0.2, 0.25) is 0 Å². The van der Waals surface area contributed by atoms with Crippen molar-refractivity contribution in [2.45, 2.75) is 26.3 Å². The normalized spacial score (nSPS) is 11.8. The van der Waals surface area contributed by atoms with Gasteiger partial charge in [0.15, 0.2) is 0 Å². The number of carboxylic acid groups (broad SMARTS) is 1. The Balaban J connectivity index is 2.25. The van der Waals surface area contributed by atoms with E-state index in [-0.39, 0.29) is 12.6 Å². The number of carbonyl (C=O) groups excluding carboxylic acids is 1. The lowest BCUT2D eigenvalue weighted by molar-refractivity contribution is -0.141. The predicted molar refractivity (Wildman–Crippen MR) is 70.6 cm³/mol. The number of aliphatic carboxylic acids is 1. The molecular formula is C12H18N2O3S. The SMILES string of the molecule is CCCC(CNC(=O)NCc1cccs1)C(=O)O. The molecule has 3 N–H and O–H groups in total. The Hall–Kier alpha value is -1.56. The van der Waals surface area contributed by atoms with Gasteiger partial charge in [0, 0.05) is 11.4 Å². The summed E-state index contributed by atoms with van der Waals surface area (Å²) in [7, 11) is 0. The minimum absolute atomic E-state index is 0.166. The lowest BCUT2D eigenvalue weighted by Gasteiger charge is -2.12. The van der Waals surface area contributed by atoms with E-state index in [1.165, 1.54) is 0 Å². The summed E-state index contributed by atoms with van der Waals surface area (Å²) in [6.07, 6.45) is 1.36. The molecule has 0 aliphatic rings. The van der Waals surface area contributed by atoms with Gasteiger partial charge in [0.1, 0.15) is 0 Å².